The molecule has 0 aromatic carbocycles. The number of aliphatic hydroxyl groups is 2. The van der Waals surface area contributed by atoms with Crippen molar-refractivity contribution in [2.75, 3.05) is 0 Å². The molecule has 0 aliphatic carbocycles. The van der Waals surface area contributed by atoms with E-state index < -0.39 is 6.10 Å². The summed E-state index contributed by atoms with van der Waals surface area (Å²) in [6.07, 6.45) is 20.4. The topological polar surface area (TPSA) is 40.5 Å². The zero-order valence-electron chi connectivity index (χ0n) is 15.6. The lowest BCUT2D eigenvalue weighted by Crippen LogP contribution is -2.16. The molecular formula is C21H42O2. The normalized spacial score (nSPS) is 13.9. The molecule has 138 valence electrons. The van der Waals surface area contributed by atoms with Gasteiger partial charge >= 0.3 is 0 Å². The summed E-state index contributed by atoms with van der Waals surface area (Å²) in [4.78, 5) is 0. The molecular weight excluding hydrogens is 284 g/mol. The smallest absolute Gasteiger partial charge is 0.0599 e. The van der Waals surface area contributed by atoms with E-state index in [1.165, 1.54) is 77.0 Å². The van der Waals surface area contributed by atoms with E-state index in [9.17, 15) is 10.2 Å². The molecule has 0 rings (SSSR count). The van der Waals surface area contributed by atoms with Gasteiger partial charge in [-0.25, -0.2) is 0 Å². The lowest BCUT2D eigenvalue weighted by atomic mass is 10.0. The Hall–Kier alpha value is -0.340. The molecule has 0 radical (unpaired) electrons. The van der Waals surface area contributed by atoms with Crippen molar-refractivity contribution in [1.29, 1.82) is 0 Å². The Labute approximate surface area is 145 Å². The van der Waals surface area contributed by atoms with Gasteiger partial charge in [0.05, 0.1) is 12.2 Å². The molecule has 0 fully saturated rings. The summed E-state index contributed by atoms with van der Waals surface area (Å²) >= 11 is 0. The quantitative estimate of drug-likeness (QED) is 0.234. The lowest BCUT2D eigenvalue weighted by molar-refractivity contribution is 0.0757. The van der Waals surface area contributed by atoms with E-state index in [0.717, 1.165) is 12.8 Å². The minimum absolute atomic E-state index is 0.349. The van der Waals surface area contributed by atoms with Gasteiger partial charge in [0, 0.05) is 0 Å². The van der Waals surface area contributed by atoms with E-state index in [1.54, 1.807) is 6.08 Å². The van der Waals surface area contributed by atoms with Gasteiger partial charge in [0.1, 0.15) is 0 Å². The van der Waals surface area contributed by atoms with Gasteiger partial charge in [-0.1, -0.05) is 96.5 Å². The van der Waals surface area contributed by atoms with Crippen molar-refractivity contribution in [3.05, 3.63) is 12.7 Å². The largest absolute Gasteiger partial charge is 0.393 e. The molecule has 0 bridgehead atoms. The van der Waals surface area contributed by atoms with Gasteiger partial charge in [0.2, 0.25) is 0 Å². The molecule has 0 aliphatic rings. The molecule has 0 heterocycles. The Morgan fingerprint density at radius 2 is 1.13 bits per heavy atom. The predicted octanol–water partition coefficient (Wildman–Crippen LogP) is 6.16. The first-order valence-electron chi connectivity index (χ1n) is 10.2. The number of hydrogen-bond donors (Lipinski definition) is 2. The van der Waals surface area contributed by atoms with Crippen LogP contribution >= 0.6 is 0 Å². The van der Waals surface area contributed by atoms with Crippen LogP contribution in [0, 0.1) is 0 Å². The van der Waals surface area contributed by atoms with Gasteiger partial charge in [0.15, 0.2) is 0 Å². The summed E-state index contributed by atoms with van der Waals surface area (Å²) in [5.74, 6) is 0. The second-order valence-corrected chi connectivity index (χ2v) is 7.10. The summed E-state index contributed by atoms with van der Waals surface area (Å²) in [6.45, 7) is 5.88. The van der Waals surface area contributed by atoms with Crippen LogP contribution < -0.4 is 0 Å². The third-order valence-electron chi connectivity index (χ3n) is 4.62. The zero-order valence-corrected chi connectivity index (χ0v) is 15.6. The van der Waals surface area contributed by atoms with Crippen molar-refractivity contribution in [3.63, 3.8) is 0 Å². The number of hydrogen-bond acceptors (Lipinski definition) is 2. The molecule has 2 N–H and O–H groups in total. The standard InChI is InChI=1S/C21H42O2/c1-3-5-6-7-8-9-10-11-12-13-14-15-16-18-21(23)19-20(22)17-4-2/h4,20-23H,2-3,5-19H2,1H3/t20-,21-/m1/s1. The second kappa shape index (κ2) is 18.0. The molecule has 2 atom stereocenters. The Morgan fingerprint density at radius 3 is 1.57 bits per heavy atom. The summed E-state index contributed by atoms with van der Waals surface area (Å²) in [6, 6.07) is 0. The van der Waals surface area contributed by atoms with Gasteiger partial charge < -0.3 is 10.2 Å². The second-order valence-electron chi connectivity index (χ2n) is 7.10. The van der Waals surface area contributed by atoms with Gasteiger partial charge in [0.25, 0.3) is 0 Å². The Bertz CT molecular complexity index is 240. The summed E-state index contributed by atoms with van der Waals surface area (Å²) in [5, 5.41) is 19.4. The maximum absolute atomic E-state index is 9.83. The van der Waals surface area contributed by atoms with E-state index in [2.05, 4.69) is 13.5 Å². The van der Waals surface area contributed by atoms with Crippen LogP contribution in [-0.4, -0.2) is 22.4 Å². The highest BCUT2D eigenvalue weighted by Gasteiger charge is 2.10. The lowest BCUT2D eigenvalue weighted by Gasteiger charge is -2.14. The Balaban J connectivity index is 3.16. The van der Waals surface area contributed by atoms with Crippen molar-refractivity contribution in [2.24, 2.45) is 0 Å². The Kier molecular flexibility index (Phi) is 17.7. The monoisotopic (exact) mass is 326 g/mol. The van der Waals surface area contributed by atoms with Crippen LogP contribution in [0.25, 0.3) is 0 Å². The van der Waals surface area contributed by atoms with Crippen LogP contribution in [-0.2, 0) is 0 Å². The van der Waals surface area contributed by atoms with Crippen LogP contribution in [0.2, 0.25) is 0 Å². The maximum atomic E-state index is 9.83. The van der Waals surface area contributed by atoms with Gasteiger partial charge in [-0.2, -0.15) is 0 Å². The number of rotatable bonds is 18. The van der Waals surface area contributed by atoms with E-state index in [4.69, 9.17) is 0 Å². The van der Waals surface area contributed by atoms with Crippen LogP contribution in [0.15, 0.2) is 12.7 Å². The van der Waals surface area contributed by atoms with Crippen molar-refractivity contribution in [1.82, 2.24) is 0 Å². The summed E-state index contributed by atoms with van der Waals surface area (Å²) in [5.41, 5.74) is 0. The van der Waals surface area contributed by atoms with E-state index >= 15 is 0 Å². The molecule has 0 unspecified atom stereocenters. The molecule has 0 aliphatic heterocycles. The van der Waals surface area contributed by atoms with E-state index in [1.807, 2.05) is 0 Å². The van der Waals surface area contributed by atoms with Gasteiger partial charge in [-0.3, -0.25) is 0 Å². The maximum Gasteiger partial charge on any atom is 0.0599 e. The molecule has 23 heavy (non-hydrogen) atoms. The SMILES string of the molecule is C=CC[C@@H](O)C[C@H](O)CCCCCCCCCCCCCCC. The molecule has 0 aromatic heterocycles. The molecule has 0 saturated carbocycles. The molecule has 2 heteroatoms. The minimum Gasteiger partial charge on any atom is -0.393 e. The van der Waals surface area contributed by atoms with Crippen LogP contribution in [0.4, 0.5) is 0 Å². The number of unbranched alkanes of at least 4 members (excludes halogenated alkanes) is 12. The van der Waals surface area contributed by atoms with E-state index in [-0.39, 0.29) is 6.10 Å². The minimum atomic E-state index is -0.426. The highest BCUT2D eigenvalue weighted by molar-refractivity contribution is 4.74. The van der Waals surface area contributed by atoms with Gasteiger partial charge in [-0.15, -0.1) is 6.58 Å². The average molecular weight is 327 g/mol. The Morgan fingerprint density at radius 1 is 0.696 bits per heavy atom. The summed E-state index contributed by atoms with van der Waals surface area (Å²) in [7, 11) is 0. The van der Waals surface area contributed by atoms with Crippen molar-refractivity contribution in [3.8, 4) is 0 Å². The first-order valence-corrected chi connectivity index (χ1v) is 10.2. The van der Waals surface area contributed by atoms with Crippen LogP contribution in [0.1, 0.15) is 110 Å². The molecule has 0 spiro atoms. The van der Waals surface area contributed by atoms with Crippen molar-refractivity contribution < 1.29 is 10.2 Å². The third kappa shape index (κ3) is 17.8. The van der Waals surface area contributed by atoms with Gasteiger partial charge in [-0.05, 0) is 19.3 Å². The summed E-state index contributed by atoms with van der Waals surface area (Å²) < 4.78 is 0. The first-order chi connectivity index (χ1) is 11.2. The fourth-order valence-corrected chi connectivity index (χ4v) is 3.12. The molecule has 2 nitrogen and oxygen atoms in total. The zero-order chi connectivity index (χ0) is 17.2. The number of aliphatic hydroxyl groups excluding tert-OH is 2. The third-order valence-corrected chi connectivity index (χ3v) is 4.62. The highest BCUT2D eigenvalue weighted by Crippen LogP contribution is 2.14. The van der Waals surface area contributed by atoms with Crippen molar-refractivity contribution >= 4 is 0 Å². The van der Waals surface area contributed by atoms with Crippen LogP contribution in [0.3, 0.4) is 0 Å². The first kappa shape index (κ1) is 22.7. The molecule has 0 amide bonds. The highest BCUT2D eigenvalue weighted by atomic mass is 16.3. The molecule has 0 saturated heterocycles. The average Bonchev–Trinajstić information content (AvgIpc) is 2.52. The fraction of sp³-hybridized carbons (Fsp3) is 0.905. The van der Waals surface area contributed by atoms with Crippen LogP contribution in [0.5, 0.6) is 0 Å². The molecule has 0 aromatic rings. The van der Waals surface area contributed by atoms with E-state index in [0.29, 0.717) is 12.8 Å². The fourth-order valence-electron chi connectivity index (χ4n) is 3.12. The predicted molar refractivity (Wildman–Crippen MR) is 102 cm³/mol. The van der Waals surface area contributed by atoms with Crippen molar-refractivity contribution in [2.45, 2.75) is 122 Å².